The van der Waals surface area contributed by atoms with Crippen LogP contribution in [0.15, 0.2) is 54.9 Å². The minimum atomic E-state index is -0.279. The fourth-order valence-electron chi connectivity index (χ4n) is 2.92. The van der Waals surface area contributed by atoms with Crippen molar-refractivity contribution in [3.8, 4) is 0 Å². The third-order valence-electron chi connectivity index (χ3n) is 4.37. The van der Waals surface area contributed by atoms with Gasteiger partial charge in [0.05, 0.1) is 31.4 Å². The molecule has 1 heterocycles. The second kappa shape index (κ2) is 9.14. The van der Waals surface area contributed by atoms with Crippen LogP contribution in [0.3, 0.4) is 0 Å². The topological polar surface area (TPSA) is 79.3 Å². The Morgan fingerprint density at radius 1 is 1.07 bits per heavy atom. The lowest BCUT2D eigenvalue weighted by Crippen LogP contribution is -2.33. The summed E-state index contributed by atoms with van der Waals surface area (Å²) in [6.45, 7) is 1.52. The van der Waals surface area contributed by atoms with Crippen molar-refractivity contribution in [3.63, 3.8) is 0 Å². The van der Waals surface area contributed by atoms with E-state index in [0.29, 0.717) is 5.69 Å². The van der Waals surface area contributed by atoms with Crippen molar-refractivity contribution in [1.82, 2.24) is 20.0 Å². The summed E-state index contributed by atoms with van der Waals surface area (Å²) in [7, 11) is 3.99. The average Bonchev–Trinajstić information content (AvgIpc) is 3.12. The van der Waals surface area contributed by atoms with Gasteiger partial charge in [-0.2, -0.15) is 5.10 Å². The Morgan fingerprint density at radius 2 is 1.86 bits per heavy atom. The van der Waals surface area contributed by atoms with Gasteiger partial charge in [0.2, 0.25) is 11.8 Å². The smallest absolute Gasteiger partial charge is 0.243 e. The van der Waals surface area contributed by atoms with Gasteiger partial charge >= 0.3 is 0 Å². The van der Waals surface area contributed by atoms with Crippen LogP contribution < -0.4 is 10.6 Å². The molecule has 7 heteroatoms. The lowest BCUT2D eigenvalue weighted by atomic mass is 10.0. The normalized spacial score (nSPS) is 11.0. The third-order valence-corrected chi connectivity index (χ3v) is 4.37. The van der Waals surface area contributed by atoms with Crippen molar-refractivity contribution in [2.75, 3.05) is 32.5 Å². The van der Waals surface area contributed by atoms with Gasteiger partial charge < -0.3 is 15.5 Å². The second-order valence-corrected chi connectivity index (χ2v) is 6.94. The predicted octanol–water partition coefficient (Wildman–Crippen LogP) is 1.90. The Labute approximate surface area is 164 Å². The summed E-state index contributed by atoms with van der Waals surface area (Å²) in [6.07, 6.45) is 3.61. The summed E-state index contributed by atoms with van der Waals surface area (Å²) in [5, 5.41) is 11.8. The zero-order valence-electron chi connectivity index (χ0n) is 16.2. The minimum absolute atomic E-state index is 0.0769. The molecular formula is C21H25N5O2. The van der Waals surface area contributed by atoms with E-state index in [4.69, 9.17) is 0 Å². The molecule has 0 unspecified atom stereocenters. The number of rotatable bonds is 8. The van der Waals surface area contributed by atoms with Gasteiger partial charge in [-0.05, 0) is 30.4 Å². The van der Waals surface area contributed by atoms with Crippen LogP contribution in [0, 0.1) is 0 Å². The molecule has 28 heavy (non-hydrogen) atoms. The van der Waals surface area contributed by atoms with Crippen molar-refractivity contribution in [1.29, 1.82) is 0 Å². The van der Waals surface area contributed by atoms with E-state index in [9.17, 15) is 9.59 Å². The zero-order chi connectivity index (χ0) is 19.9. The molecule has 3 aromatic rings. The van der Waals surface area contributed by atoms with Crippen molar-refractivity contribution in [2.45, 2.75) is 13.0 Å². The molecule has 0 saturated carbocycles. The van der Waals surface area contributed by atoms with E-state index >= 15 is 0 Å². The third kappa shape index (κ3) is 5.40. The van der Waals surface area contributed by atoms with Gasteiger partial charge in [-0.3, -0.25) is 14.3 Å². The number of fused-ring (bicyclic) bond motifs is 1. The lowest BCUT2D eigenvalue weighted by molar-refractivity contribution is -0.123. The van der Waals surface area contributed by atoms with Gasteiger partial charge in [-0.25, -0.2) is 0 Å². The highest BCUT2D eigenvalue weighted by molar-refractivity contribution is 5.95. The van der Waals surface area contributed by atoms with E-state index in [1.54, 1.807) is 17.1 Å². The molecule has 2 aromatic carbocycles. The van der Waals surface area contributed by atoms with E-state index in [1.165, 1.54) is 0 Å². The molecule has 0 saturated heterocycles. The van der Waals surface area contributed by atoms with Gasteiger partial charge in [-0.1, -0.05) is 42.5 Å². The van der Waals surface area contributed by atoms with E-state index < -0.39 is 0 Å². The molecule has 0 aliphatic heterocycles. The number of anilines is 1. The van der Waals surface area contributed by atoms with Crippen LogP contribution in [0.4, 0.5) is 5.69 Å². The fraction of sp³-hybridized carbons (Fsp3) is 0.286. The molecule has 7 nitrogen and oxygen atoms in total. The molecular weight excluding hydrogens is 354 g/mol. The average molecular weight is 379 g/mol. The Morgan fingerprint density at radius 3 is 2.68 bits per heavy atom. The molecule has 0 bridgehead atoms. The first-order valence-corrected chi connectivity index (χ1v) is 9.21. The predicted molar refractivity (Wildman–Crippen MR) is 110 cm³/mol. The molecule has 0 radical (unpaired) electrons. The molecule has 2 amide bonds. The second-order valence-electron chi connectivity index (χ2n) is 6.94. The quantitative estimate of drug-likeness (QED) is 0.627. The number of likely N-dealkylation sites (N-methyl/N-ethyl adjacent to an activating group) is 1. The monoisotopic (exact) mass is 379 g/mol. The Balaban J connectivity index is 1.48. The summed E-state index contributed by atoms with van der Waals surface area (Å²) >= 11 is 0. The summed E-state index contributed by atoms with van der Waals surface area (Å²) in [5.74, 6) is -0.466. The maximum absolute atomic E-state index is 12.3. The first-order valence-electron chi connectivity index (χ1n) is 9.21. The Hall–Kier alpha value is -3.19. The zero-order valence-corrected chi connectivity index (χ0v) is 16.2. The molecule has 146 valence electrons. The van der Waals surface area contributed by atoms with Crippen molar-refractivity contribution in [3.05, 3.63) is 60.4 Å². The number of amides is 2. The fourth-order valence-corrected chi connectivity index (χ4v) is 2.92. The van der Waals surface area contributed by atoms with Gasteiger partial charge in [0, 0.05) is 12.7 Å². The van der Waals surface area contributed by atoms with Crippen LogP contribution in [0.2, 0.25) is 0 Å². The lowest BCUT2D eigenvalue weighted by Gasteiger charge is -2.09. The van der Waals surface area contributed by atoms with Crippen molar-refractivity contribution in [2.24, 2.45) is 0 Å². The molecule has 0 aliphatic rings. The summed E-state index contributed by atoms with van der Waals surface area (Å²) in [4.78, 5) is 26.4. The molecule has 0 atom stereocenters. The Kier molecular flexibility index (Phi) is 6.39. The number of benzene rings is 2. The van der Waals surface area contributed by atoms with Gasteiger partial charge in [0.1, 0.15) is 0 Å². The summed E-state index contributed by atoms with van der Waals surface area (Å²) in [5.41, 5.74) is 1.56. The molecule has 2 N–H and O–H groups in total. The van der Waals surface area contributed by atoms with Crippen molar-refractivity contribution >= 4 is 28.3 Å². The van der Waals surface area contributed by atoms with Crippen LogP contribution in [0.25, 0.3) is 10.8 Å². The van der Waals surface area contributed by atoms with E-state index in [-0.39, 0.29) is 24.8 Å². The molecule has 0 fully saturated rings. The number of carbonyl (C=O) groups excluding carboxylic acids is 2. The first kappa shape index (κ1) is 19.6. The molecule has 0 aliphatic carbocycles. The van der Waals surface area contributed by atoms with Crippen LogP contribution in [0.1, 0.15) is 5.56 Å². The minimum Gasteiger partial charge on any atom is -0.347 e. The highest BCUT2D eigenvalue weighted by Gasteiger charge is 2.10. The summed E-state index contributed by atoms with van der Waals surface area (Å²) < 4.78 is 1.77. The van der Waals surface area contributed by atoms with Crippen LogP contribution >= 0.6 is 0 Å². The van der Waals surface area contributed by atoms with Crippen LogP contribution in [0.5, 0.6) is 0 Å². The van der Waals surface area contributed by atoms with Crippen LogP contribution in [-0.4, -0.2) is 53.7 Å². The van der Waals surface area contributed by atoms with E-state index in [1.807, 2.05) is 56.6 Å². The highest BCUT2D eigenvalue weighted by atomic mass is 16.2. The number of nitrogens with zero attached hydrogens (tertiary/aromatic N) is 3. The van der Waals surface area contributed by atoms with Crippen LogP contribution in [-0.2, 0) is 22.6 Å². The largest absolute Gasteiger partial charge is 0.347 e. The molecule has 0 spiro atoms. The maximum atomic E-state index is 12.3. The van der Waals surface area contributed by atoms with Gasteiger partial charge in [0.15, 0.2) is 0 Å². The number of hydrogen-bond acceptors (Lipinski definition) is 4. The number of carbonyl (C=O) groups is 2. The van der Waals surface area contributed by atoms with E-state index in [2.05, 4.69) is 20.6 Å². The standard InChI is InChI=1S/C21H25N5O2/c1-25(2)10-11-26-15-18(13-23-26)24-21(28)14-22-20(27)12-17-8-5-7-16-6-3-4-9-19(16)17/h3-9,13,15H,10-12,14H2,1-2H3,(H,22,27)(H,24,28). The number of aromatic nitrogens is 2. The van der Waals surface area contributed by atoms with Crippen molar-refractivity contribution < 1.29 is 9.59 Å². The highest BCUT2D eigenvalue weighted by Crippen LogP contribution is 2.18. The van der Waals surface area contributed by atoms with Gasteiger partial charge in [-0.15, -0.1) is 0 Å². The SMILES string of the molecule is CN(C)CCn1cc(NC(=O)CNC(=O)Cc2cccc3ccccc23)cn1. The maximum Gasteiger partial charge on any atom is 0.243 e. The first-order chi connectivity index (χ1) is 13.5. The number of nitrogens with one attached hydrogen (secondary N) is 2. The van der Waals surface area contributed by atoms with E-state index in [0.717, 1.165) is 29.4 Å². The van der Waals surface area contributed by atoms with Gasteiger partial charge in [0.25, 0.3) is 0 Å². The molecule has 3 rings (SSSR count). The summed E-state index contributed by atoms with van der Waals surface area (Å²) in [6, 6.07) is 13.8. The number of hydrogen-bond donors (Lipinski definition) is 2. The Bertz CT molecular complexity index is 959. The molecule has 1 aromatic heterocycles.